The van der Waals surface area contributed by atoms with Gasteiger partial charge in [0.15, 0.2) is 0 Å². The second kappa shape index (κ2) is 10.1. The van der Waals surface area contributed by atoms with E-state index in [9.17, 15) is 10.2 Å². The molecule has 0 fully saturated rings. The fourth-order valence-electron chi connectivity index (χ4n) is 7.13. The van der Waals surface area contributed by atoms with E-state index < -0.39 is 0 Å². The molecule has 44 heavy (non-hydrogen) atoms. The zero-order chi connectivity index (χ0) is 29.9. The summed E-state index contributed by atoms with van der Waals surface area (Å²) in [4.78, 5) is 0. The molecule has 0 bridgehead atoms. The van der Waals surface area contributed by atoms with E-state index in [1.54, 1.807) is 0 Å². The van der Waals surface area contributed by atoms with Gasteiger partial charge >= 0.3 is 0 Å². The number of aryl methyl sites for hydroxylation is 2. The Morgan fingerprint density at radius 3 is 1.23 bits per heavy atom. The number of nitrogens with zero attached hydrogens (tertiary/aromatic N) is 2. The topological polar surface area (TPSA) is 50.3 Å². The summed E-state index contributed by atoms with van der Waals surface area (Å²) in [5.74, 6) is 0.405. The predicted octanol–water partition coefficient (Wildman–Crippen LogP) is 9.69. The number of aromatic nitrogens is 2. The molecule has 0 amide bonds. The van der Waals surface area contributed by atoms with Crippen molar-refractivity contribution in [3.8, 4) is 22.6 Å². The minimum atomic E-state index is 0.203. The number of hydrogen-bond acceptors (Lipinski definition) is 2. The van der Waals surface area contributed by atoms with E-state index in [0.29, 0.717) is 24.2 Å². The van der Waals surface area contributed by atoms with Gasteiger partial charge in [-0.25, -0.2) is 0 Å². The Labute approximate surface area is 255 Å². The maximum atomic E-state index is 12.2. The maximum Gasteiger partial charge on any atom is 0.133 e. The number of rotatable bonds is 5. The molecule has 214 valence electrons. The van der Waals surface area contributed by atoms with Gasteiger partial charge in [0.05, 0.1) is 11.0 Å². The largest absolute Gasteiger partial charge is 0.507 e. The Morgan fingerprint density at radius 2 is 0.818 bits per heavy atom. The molecule has 8 rings (SSSR count). The summed E-state index contributed by atoms with van der Waals surface area (Å²) in [7, 11) is 0. The lowest BCUT2D eigenvalue weighted by atomic mass is 9.91. The molecule has 2 heterocycles. The summed E-state index contributed by atoms with van der Waals surface area (Å²) in [5.41, 5.74) is 9.67. The summed E-state index contributed by atoms with van der Waals surface area (Å²) in [5, 5.41) is 27.9. The Bertz CT molecular complexity index is 2190. The van der Waals surface area contributed by atoms with Crippen molar-refractivity contribution in [2.24, 2.45) is 0 Å². The number of phenolic OH excluding ortho intramolecular Hbond substituents is 2. The minimum Gasteiger partial charge on any atom is -0.507 e. The summed E-state index contributed by atoms with van der Waals surface area (Å²) in [6.07, 6.45) is 0. The van der Waals surface area contributed by atoms with Crippen molar-refractivity contribution in [3.63, 3.8) is 0 Å². The standard InChI is InChI=1S/C40H32N2O2/c1-25-21-33-37(29-17-9-11-19-31(29)41(33)23-27-13-5-3-6-14-27)39(43)35(25)36-26(2)22-34-38(40(36)44)30-18-10-12-20-32(30)42(34)24-28-15-7-4-8-16-28/h3-22,43-44H,23-24H2,1-2H3. The number of benzene rings is 6. The van der Waals surface area contributed by atoms with Crippen molar-refractivity contribution in [1.82, 2.24) is 9.13 Å². The minimum absolute atomic E-state index is 0.203. The van der Waals surface area contributed by atoms with Crippen LogP contribution in [0.1, 0.15) is 22.3 Å². The fraction of sp³-hybridized carbons (Fsp3) is 0.100. The van der Waals surface area contributed by atoms with Crippen molar-refractivity contribution in [1.29, 1.82) is 0 Å². The lowest BCUT2D eigenvalue weighted by molar-refractivity contribution is 0.475. The van der Waals surface area contributed by atoms with Gasteiger partial charge in [-0.05, 0) is 60.4 Å². The van der Waals surface area contributed by atoms with Crippen LogP contribution in [0.2, 0.25) is 0 Å². The molecule has 0 aliphatic heterocycles. The van der Waals surface area contributed by atoms with Crippen molar-refractivity contribution >= 4 is 43.6 Å². The van der Waals surface area contributed by atoms with E-state index in [-0.39, 0.29) is 11.5 Å². The highest BCUT2D eigenvalue weighted by Crippen LogP contribution is 2.50. The smallest absolute Gasteiger partial charge is 0.133 e. The molecule has 0 radical (unpaired) electrons. The van der Waals surface area contributed by atoms with Gasteiger partial charge in [-0.1, -0.05) is 97.1 Å². The van der Waals surface area contributed by atoms with E-state index in [1.807, 2.05) is 50.2 Å². The molecule has 0 saturated heterocycles. The Hall–Kier alpha value is -5.48. The lowest BCUT2D eigenvalue weighted by Gasteiger charge is -2.17. The third kappa shape index (κ3) is 3.91. The van der Waals surface area contributed by atoms with Crippen LogP contribution >= 0.6 is 0 Å². The average molecular weight is 573 g/mol. The van der Waals surface area contributed by atoms with Gasteiger partial charge in [-0.3, -0.25) is 0 Å². The zero-order valence-corrected chi connectivity index (χ0v) is 24.8. The predicted molar refractivity (Wildman–Crippen MR) is 182 cm³/mol. The first kappa shape index (κ1) is 26.2. The summed E-state index contributed by atoms with van der Waals surface area (Å²) in [6, 6.07) is 41.6. The van der Waals surface area contributed by atoms with E-state index >= 15 is 0 Å². The highest BCUT2D eigenvalue weighted by Gasteiger charge is 2.25. The molecular formula is C40H32N2O2. The number of fused-ring (bicyclic) bond motifs is 6. The molecule has 4 nitrogen and oxygen atoms in total. The molecule has 0 unspecified atom stereocenters. The molecule has 6 aromatic carbocycles. The molecule has 2 aromatic heterocycles. The highest BCUT2D eigenvalue weighted by atomic mass is 16.3. The molecule has 2 N–H and O–H groups in total. The SMILES string of the molecule is Cc1cc2c(c(O)c1-c1c(C)cc3c(c1O)c1ccccc1n3Cc1ccccc1)c1ccccc1n2Cc1ccccc1. The van der Waals surface area contributed by atoms with Gasteiger partial charge in [-0.2, -0.15) is 0 Å². The lowest BCUT2D eigenvalue weighted by Crippen LogP contribution is -2.00. The first-order chi connectivity index (χ1) is 21.5. The molecule has 0 aliphatic carbocycles. The second-order valence-electron chi connectivity index (χ2n) is 11.8. The number of aromatic hydroxyl groups is 2. The Kier molecular flexibility index (Phi) is 5.98. The normalized spacial score (nSPS) is 11.8. The van der Waals surface area contributed by atoms with Gasteiger partial charge in [0.1, 0.15) is 11.5 Å². The van der Waals surface area contributed by atoms with Crippen LogP contribution in [0.25, 0.3) is 54.7 Å². The molecule has 0 aliphatic rings. The fourth-order valence-corrected chi connectivity index (χ4v) is 7.13. The van der Waals surface area contributed by atoms with Crippen LogP contribution in [0.4, 0.5) is 0 Å². The highest BCUT2D eigenvalue weighted by molar-refractivity contribution is 6.17. The van der Waals surface area contributed by atoms with Gasteiger partial charge in [-0.15, -0.1) is 0 Å². The number of hydrogen-bond donors (Lipinski definition) is 2. The van der Waals surface area contributed by atoms with Gasteiger partial charge in [0.25, 0.3) is 0 Å². The number of para-hydroxylation sites is 2. The van der Waals surface area contributed by atoms with Crippen LogP contribution in [0.5, 0.6) is 11.5 Å². The Morgan fingerprint density at radius 1 is 0.455 bits per heavy atom. The van der Waals surface area contributed by atoms with Crippen LogP contribution in [0, 0.1) is 13.8 Å². The van der Waals surface area contributed by atoms with Crippen molar-refractivity contribution in [2.75, 3.05) is 0 Å². The summed E-state index contributed by atoms with van der Waals surface area (Å²) < 4.78 is 4.56. The number of phenols is 2. The third-order valence-electron chi connectivity index (χ3n) is 9.08. The van der Waals surface area contributed by atoms with Crippen LogP contribution in [0.15, 0.2) is 121 Å². The third-order valence-corrected chi connectivity index (χ3v) is 9.08. The van der Waals surface area contributed by atoms with Crippen LogP contribution in [0.3, 0.4) is 0 Å². The van der Waals surface area contributed by atoms with E-state index in [1.165, 1.54) is 11.1 Å². The summed E-state index contributed by atoms with van der Waals surface area (Å²) in [6.45, 7) is 5.45. The molecule has 4 heteroatoms. The van der Waals surface area contributed by atoms with E-state index in [4.69, 9.17) is 0 Å². The first-order valence-corrected chi connectivity index (χ1v) is 15.1. The second-order valence-corrected chi connectivity index (χ2v) is 11.8. The molecule has 0 atom stereocenters. The summed E-state index contributed by atoms with van der Waals surface area (Å²) >= 11 is 0. The van der Waals surface area contributed by atoms with Crippen molar-refractivity contribution in [3.05, 3.63) is 144 Å². The van der Waals surface area contributed by atoms with Crippen molar-refractivity contribution < 1.29 is 10.2 Å². The van der Waals surface area contributed by atoms with E-state index in [0.717, 1.165) is 54.7 Å². The van der Waals surface area contributed by atoms with Crippen LogP contribution in [-0.4, -0.2) is 19.3 Å². The van der Waals surface area contributed by atoms with E-state index in [2.05, 4.69) is 94.1 Å². The monoisotopic (exact) mass is 572 g/mol. The zero-order valence-electron chi connectivity index (χ0n) is 24.8. The van der Waals surface area contributed by atoms with Gasteiger partial charge in [0.2, 0.25) is 0 Å². The first-order valence-electron chi connectivity index (χ1n) is 15.1. The van der Waals surface area contributed by atoms with Crippen LogP contribution in [-0.2, 0) is 13.1 Å². The average Bonchev–Trinajstić information content (AvgIpc) is 3.52. The van der Waals surface area contributed by atoms with Crippen LogP contribution < -0.4 is 0 Å². The van der Waals surface area contributed by atoms with Gasteiger partial charge < -0.3 is 19.3 Å². The maximum absolute atomic E-state index is 12.2. The molecular weight excluding hydrogens is 540 g/mol. The molecule has 0 spiro atoms. The molecule has 8 aromatic rings. The van der Waals surface area contributed by atoms with Crippen molar-refractivity contribution in [2.45, 2.75) is 26.9 Å². The molecule has 0 saturated carbocycles. The Balaban J connectivity index is 1.40. The quantitative estimate of drug-likeness (QED) is 0.216. The van der Waals surface area contributed by atoms with Gasteiger partial charge in [0, 0.05) is 56.8 Å².